The second-order valence-electron chi connectivity index (χ2n) is 5.71. The molecule has 0 aromatic heterocycles. The molecule has 1 aliphatic carbocycles. The molecule has 0 spiro atoms. The maximum absolute atomic E-state index is 10.3. The Balaban J connectivity index is 2.20. The maximum Gasteiger partial charge on any atom is 0.123 e. The Bertz CT molecular complexity index is 471. The van der Waals surface area contributed by atoms with Crippen molar-refractivity contribution >= 4 is 15.9 Å². The van der Waals surface area contributed by atoms with Crippen LogP contribution < -0.4 is 0 Å². The zero-order valence-corrected chi connectivity index (χ0v) is 13.6. The average molecular weight is 339 g/mol. The number of hydrogen-bond donors (Lipinski definition) is 2. The molecule has 0 amide bonds. The van der Waals surface area contributed by atoms with Gasteiger partial charge in [0.25, 0.3) is 0 Å². The van der Waals surface area contributed by atoms with Crippen LogP contribution in [0.25, 0.3) is 0 Å². The largest absolute Gasteiger partial charge is 0.507 e. The van der Waals surface area contributed by atoms with Crippen molar-refractivity contribution in [3.8, 4) is 11.5 Å². The highest BCUT2D eigenvalue weighted by atomic mass is 79.9. The van der Waals surface area contributed by atoms with Gasteiger partial charge in [-0.2, -0.15) is 0 Å². The van der Waals surface area contributed by atoms with Crippen molar-refractivity contribution in [2.45, 2.75) is 51.4 Å². The molecule has 1 aromatic rings. The Morgan fingerprint density at radius 1 is 1.20 bits per heavy atom. The first kappa shape index (κ1) is 15.4. The summed E-state index contributed by atoms with van der Waals surface area (Å²) in [6, 6.07) is 3.64. The van der Waals surface area contributed by atoms with E-state index in [9.17, 15) is 10.2 Å². The molecule has 3 heteroatoms. The van der Waals surface area contributed by atoms with Gasteiger partial charge in [-0.25, -0.2) is 0 Å². The fourth-order valence-corrected chi connectivity index (χ4v) is 3.36. The highest BCUT2D eigenvalue weighted by Crippen LogP contribution is 2.41. The lowest BCUT2D eigenvalue weighted by Gasteiger charge is -2.22. The number of unbranched alkanes of at least 4 members (excludes halogenated alkanes) is 1. The van der Waals surface area contributed by atoms with Crippen LogP contribution in [0.5, 0.6) is 11.5 Å². The van der Waals surface area contributed by atoms with Gasteiger partial charge in [0, 0.05) is 16.8 Å². The average Bonchev–Trinajstić information content (AvgIpc) is 2.38. The van der Waals surface area contributed by atoms with Crippen molar-refractivity contribution in [1.29, 1.82) is 0 Å². The van der Waals surface area contributed by atoms with Crippen LogP contribution in [0.15, 0.2) is 23.8 Å². The van der Waals surface area contributed by atoms with Gasteiger partial charge in [-0.05, 0) is 63.1 Å². The monoisotopic (exact) mass is 338 g/mol. The molecule has 0 fully saturated rings. The molecule has 0 saturated carbocycles. The van der Waals surface area contributed by atoms with Crippen molar-refractivity contribution in [2.75, 3.05) is 5.33 Å². The summed E-state index contributed by atoms with van der Waals surface area (Å²) in [6.07, 6.45) is 8.50. The summed E-state index contributed by atoms with van der Waals surface area (Å²) < 4.78 is 0. The normalized spacial score (nSPS) is 18.9. The van der Waals surface area contributed by atoms with Crippen molar-refractivity contribution in [3.63, 3.8) is 0 Å². The second kappa shape index (κ2) is 7.16. The smallest absolute Gasteiger partial charge is 0.123 e. The third-order valence-electron chi connectivity index (χ3n) is 3.99. The molecule has 0 radical (unpaired) electrons. The lowest BCUT2D eigenvalue weighted by Crippen LogP contribution is -2.03. The summed E-state index contributed by atoms with van der Waals surface area (Å²) in [7, 11) is 0. The zero-order chi connectivity index (χ0) is 14.5. The molecule has 2 rings (SSSR count). The molecule has 0 heterocycles. The van der Waals surface area contributed by atoms with E-state index in [0.717, 1.165) is 49.4 Å². The summed E-state index contributed by atoms with van der Waals surface area (Å²) in [6.45, 7) is 2.12. The van der Waals surface area contributed by atoms with Crippen LogP contribution in [0.1, 0.15) is 56.1 Å². The second-order valence-corrected chi connectivity index (χ2v) is 6.50. The minimum atomic E-state index is 0.153. The summed E-state index contributed by atoms with van der Waals surface area (Å²) in [5.41, 5.74) is 3.07. The number of allylic oxidation sites excluding steroid dienone is 2. The van der Waals surface area contributed by atoms with E-state index >= 15 is 0 Å². The summed E-state index contributed by atoms with van der Waals surface area (Å²) >= 11 is 3.42. The number of benzene rings is 1. The van der Waals surface area contributed by atoms with E-state index in [0.29, 0.717) is 5.56 Å². The number of phenolic OH excluding ortho intramolecular Hbond substituents is 2. The third-order valence-corrected chi connectivity index (χ3v) is 4.55. The Hall–Kier alpha value is -0.960. The fourth-order valence-electron chi connectivity index (χ4n) is 2.97. The standard InChI is InChI=1S/C17H23BrO2/c1-12-5-4-7-14(9-12)17-15(19)10-13(11-16(17)20)6-2-3-8-18/h9-11,14,19-20H,2-8H2,1H3/t14-/m0/s1. The summed E-state index contributed by atoms with van der Waals surface area (Å²) in [5.74, 6) is 0.643. The number of aryl methyl sites for hydroxylation is 1. The fraction of sp³-hybridized carbons (Fsp3) is 0.529. The summed E-state index contributed by atoms with van der Waals surface area (Å²) in [4.78, 5) is 0. The third kappa shape index (κ3) is 3.78. The van der Waals surface area contributed by atoms with Gasteiger partial charge >= 0.3 is 0 Å². The van der Waals surface area contributed by atoms with Crippen LogP contribution >= 0.6 is 15.9 Å². The van der Waals surface area contributed by atoms with Crippen molar-refractivity contribution in [2.24, 2.45) is 0 Å². The van der Waals surface area contributed by atoms with Crippen molar-refractivity contribution in [1.82, 2.24) is 0 Å². The van der Waals surface area contributed by atoms with Crippen LogP contribution in [0, 0.1) is 0 Å². The Kier molecular flexibility index (Phi) is 5.53. The van der Waals surface area contributed by atoms with Crippen LogP contribution in [0.4, 0.5) is 0 Å². The van der Waals surface area contributed by atoms with Gasteiger partial charge in [-0.1, -0.05) is 27.6 Å². The van der Waals surface area contributed by atoms with Gasteiger partial charge in [0.2, 0.25) is 0 Å². The number of aromatic hydroxyl groups is 2. The number of phenols is 2. The van der Waals surface area contributed by atoms with E-state index in [1.165, 1.54) is 5.57 Å². The van der Waals surface area contributed by atoms with Gasteiger partial charge in [0.05, 0.1) is 0 Å². The van der Waals surface area contributed by atoms with Crippen LogP contribution in [-0.4, -0.2) is 15.5 Å². The van der Waals surface area contributed by atoms with Crippen molar-refractivity contribution in [3.05, 3.63) is 34.9 Å². The van der Waals surface area contributed by atoms with E-state index in [-0.39, 0.29) is 17.4 Å². The van der Waals surface area contributed by atoms with Gasteiger partial charge < -0.3 is 10.2 Å². The highest BCUT2D eigenvalue weighted by Gasteiger charge is 2.21. The molecule has 0 saturated heterocycles. The molecule has 110 valence electrons. The molecule has 0 unspecified atom stereocenters. The van der Waals surface area contributed by atoms with Gasteiger partial charge in [0.1, 0.15) is 11.5 Å². The van der Waals surface area contributed by atoms with Gasteiger partial charge in [-0.15, -0.1) is 0 Å². The minimum Gasteiger partial charge on any atom is -0.507 e. The Morgan fingerprint density at radius 2 is 1.90 bits per heavy atom. The van der Waals surface area contributed by atoms with E-state index in [2.05, 4.69) is 28.9 Å². The lowest BCUT2D eigenvalue weighted by atomic mass is 9.84. The molecule has 1 aliphatic rings. The predicted octanol–water partition coefficient (Wildman–Crippen LogP) is 5.03. The first-order valence-electron chi connectivity index (χ1n) is 7.40. The molecular formula is C17H23BrO2. The Labute approximate surface area is 129 Å². The number of alkyl halides is 1. The highest BCUT2D eigenvalue weighted by molar-refractivity contribution is 9.09. The SMILES string of the molecule is CC1=C[C@@H](c2c(O)cc(CCCCBr)cc2O)CCC1. The molecular weight excluding hydrogens is 316 g/mol. The Morgan fingerprint density at radius 3 is 2.50 bits per heavy atom. The van der Waals surface area contributed by atoms with E-state index < -0.39 is 0 Å². The van der Waals surface area contributed by atoms with Crippen LogP contribution in [0.3, 0.4) is 0 Å². The molecule has 0 bridgehead atoms. The molecule has 1 aromatic carbocycles. The van der Waals surface area contributed by atoms with Gasteiger partial charge in [-0.3, -0.25) is 0 Å². The van der Waals surface area contributed by atoms with Gasteiger partial charge in [0.15, 0.2) is 0 Å². The first-order chi connectivity index (χ1) is 9.61. The number of rotatable bonds is 5. The van der Waals surface area contributed by atoms with E-state index in [1.54, 1.807) is 0 Å². The topological polar surface area (TPSA) is 40.5 Å². The number of hydrogen-bond acceptors (Lipinski definition) is 2. The quantitative estimate of drug-likeness (QED) is 0.449. The molecule has 20 heavy (non-hydrogen) atoms. The molecule has 1 atom stereocenters. The first-order valence-corrected chi connectivity index (χ1v) is 8.52. The molecule has 2 nitrogen and oxygen atoms in total. The van der Waals surface area contributed by atoms with E-state index in [1.807, 2.05) is 12.1 Å². The minimum absolute atomic E-state index is 0.153. The van der Waals surface area contributed by atoms with E-state index in [4.69, 9.17) is 0 Å². The number of halogens is 1. The summed E-state index contributed by atoms with van der Waals surface area (Å²) in [5, 5.41) is 21.5. The van der Waals surface area contributed by atoms with Crippen LogP contribution in [-0.2, 0) is 6.42 Å². The molecule has 2 N–H and O–H groups in total. The predicted molar refractivity (Wildman–Crippen MR) is 86.9 cm³/mol. The molecule has 0 aliphatic heterocycles. The van der Waals surface area contributed by atoms with Crippen molar-refractivity contribution < 1.29 is 10.2 Å². The zero-order valence-electron chi connectivity index (χ0n) is 12.0. The van der Waals surface area contributed by atoms with Crippen LogP contribution in [0.2, 0.25) is 0 Å². The maximum atomic E-state index is 10.3. The lowest BCUT2D eigenvalue weighted by molar-refractivity contribution is 0.427.